The van der Waals surface area contributed by atoms with Gasteiger partial charge in [-0.2, -0.15) is 0 Å². The van der Waals surface area contributed by atoms with Gasteiger partial charge in [0.15, 0.2) is 0 Å². The van der Waals surface area contributed by atoms with Gasteiger partial charge in [0.1, 0.15) is 11.7 Å². The van der Waals surface area contributed by atoms with E-state index >= 15 is 0 Å². The minimum absolute atomic E-state index is 0.0870. The van der Waals surface area contributed by atoms with Crippen LogP contribution in [0.4, 0.5) is 11.5 Å². The minimum atomic E-state index is -0.461. The molecule has 0 bridgehead atoms. The van der Waals surface area contributed by atoms with Crippen LogP contribution in [0.2, 0.25) is 5.02 Å². The molecular formula is C21H17BrClN5O2. The van der Waals surface area contributed by atoms with E-state index in [1.807, 2.05) is 0 Å². The highest BCUT2D eigenvalue weighted by Gasteiger charge is 2.18. The number of nitrogens with one attached hydrogen (secondary N) is 3. The van der Waals surface area contributed by atoms with Crippen LogP contribution in [-0.2, 0) is 0 Å². The third-order valence-electron chi connectivity index (χ3n) is 4.21. The summed E-state index contributed by atoms with van der Waals surface area (Å²) >= 11 is 9.43. The number of anilines is 2. The highest BCUT2D eigenvalue weighted by molar-refractivity contribution is 9.10. The van der Waals surface area contributed by atoms with Crippen molar-refractivity contribution in [2.45, 2.75) is 6.92 Å². The first-order chi connectivity index (χ1) is 14.2. The number of hydrogen-bond acceptors (Lipinski definition) is 4. The normalized spacial score (nSPS) is 10.4. The average Bonchev–Trinajstić information content (AvgIpc) is 2.71. The first-order valence-electron chi connectivity index (χ1n) is 8.73. The molecule has 0 spiro atoms. The number of benzene rings is 2. The summed E-state index contributed by atoms with van der Waals surface area (Å²) in [6.45, 7) is 1.75. The van der Waals surface area contributed by atoms with Gasteiger partial charge in [0.25, 0.3) is 11.8 Å². The second-order valence-corrected chi connectivity index (χ2v) is 7.76. The molecule has 0 radical (unpaired) electrons. The zero-order valence-electron chi connectivity index (χ0n) is 15.8. The Hall–Kier alpha value is -3.23. The first-order valence-corrected chi connectivity index (χ1v) is 9.90. The van der Waals surface area contributed by atoms with Gasteiger partial charge in [-0.1, -0.05) is 23.7 Å². The summed E-state index contributed by atoms with van der Waals surface area (Å²) in [7, 11) is 0. The average molecular weight is 487 g/mol. The number of carbonyl (C=O) groups excluding carboxylic acids is 2. The minimum Gasteiger partial charge on any atom is -0.384 e. The molecule has 0 aliphatic rings. The number of halogens is 2. The molecular weight excluding hydrogens is 470 g/mol. The van der Waals surface area contributed by atoms with Crippen LogP contribution in [0.15, 0.2) is 59.2 Å². The van der Waals surface area contributed by atoms with Crippen LogP contribution >= 0.6 is 27.5 Å². The third kappa shape index (κ3) is 5.03. The predicted molar refractivity (Wildman–Crippen MR) is 121 cm³/mol. The smallest absolute Gasteiger partial charge is 0.258 e. The standard InChI is InChI=1S/C21H17BrClN5O2/c1-11-8-15(23)9-16(21(30)27-17-7-6-14(22)10-26-17)18(11)28-20(29)13-4-2-12(3-5-13)19(24)25/h2-10H,1H3,(H3,24,25)(H,28,29)(H,26,27,30). The van der Waals surface area contributed by atoms with Crippen molar-refractivity contribution in [1.29, 1.82) is 5.41 Å². The largest absolute Gasteiger partial charge is 0.384 e. The molecule has 0 unspecified atom stereocenters. The van der Waals surface area contributed by atoms with Gasteiger partial charge in [-0.15, -0.1) is 0 Å². The number of pyridine rings is 1. The summed E-state index contributed by atoms with van der Waals surface area (Å²) < 4.78 is 0.780. The summed E-state index contributed by atoms with van der Waals surface area (Å²) in [5.74, 6) is -0.599. The summed E-state index contributed by atoms with van der Waals surface area (Å²) in [5.41, 5.74) is 7.49. The Labute approximate surface area is 186 Å². The maximum Gasteiger partial charge on any atom is 0.258 e. The Balaban J connectivity index is 1.88. The van der Waals surface area contributed by atoms with Gasteiger partial charge in [0.2, 0.25) is 0 Å². The first kappa shape index (κ1) is 21.5. The van der Waals surface area contributed by atoms with Gasteiger partial charge < -0.3 is 16.4 Å². The quantitative estimate of drug-likeness (QED) is 0.311. The molecule has 30 heavy (non-hydrogen) atoms. The van der Waals surface area contributed by atoms with E-state index in [4.69, 9.17) is 22.7 Å². The predicted octanol–water partition coefficient (Wildman–Crippen LogP) is 4.59. The second kappa shape index (κ2) is 9.06. The van der Waals surface area contributed by atoms with E-state index in [0.29, 0.717) is 33.2 Å². The van der Waals surface area contributed by atoms with Gasteiger partial charge in [-0.3, -0.25) is 15.0 Å². The number of carbonyl (C=O) groups is 2. The van der Waals surface area contributed by atoms with Crippen LogP contribution < -0.4 is 16.4 Å². The monoisotopic (exact) mass is 485 g/mol. The van der Waals surface area contributed by atoms with E-state index < -0.39 is 11.8 Å². The Bertz CT molecular complexity index is 1130. The van der Waals surface area contributed by atoms with Crippen LogP contribution in [0.3, 0.4) is 0 Å². The molecule has 0 aliphatic heterocycles. The number of amidine groups is 1. The van der Waals surface area contributed by atoms with Crippen LogP contribution in [0.25, 0.3) is 0 Å². The van der Waals surface area contributed by atoms with Crippen molar-refractivity contribution in [3.8, 4) is 0 Å². The molecule has 9 heteroatoms. The zero-order valence-corrected chi connectivity index (χ0v) is 18.1. The SMILES string of the molecule is Cc1cc(Cl)cc(C(=O)Nc2ccc(Br)cn2)c1NC(=O)c1ccc(C(=N)N)cc1. The third-order valence-corrected chi connectivity index (χ3v) is 4.90. The Morgan fingerprint density at radius 1 is 1.03 bits per heavy atom. The summed E-state index contributed by atoms with van der Waals surface area (Å²) in [5, 5.41) is 13.3. The van der Waals surface area contributed by atoms with E-state index in [1.54, 1.807) is 55.6 Å². The van der Waals surface area contributed by atoms with E-state index in [1.165, 1.54) is 6.07 Å². The molecule has 2 aromatic carbocycles. The van der Waals surface area contributed by atoms with Gasteiger partial charge in [-0.25, -0.2) is 4.98 Å². The van der Waals surface area contributed by atoms with E-state index in [9.17, 15) is 9.59 Å². The molecule has 0 aliphatic carbocycles. The molecule has 3 aromatic rings. The molecule has 3 rings (SSSR count). The fourth-order valence-electron chi connectivity index (χ4n) is 2.71. The van der Waals surface area contributed by atoms with Crippen molar-refractivity contribution in [1.82, 2.24) is 4.98 Å². The van der Waals surface area contributed by atoms with Crippen molar-refractivity contribution in [3.63, 3.8) is 0 Å². The maximum absolute atomic E-state index is 12.9. The molecule has 1 aromatic heterocycles. The summed E-state index contributed by atoms with van der Waals surface area (Å²) in [6.07, 6.45) is 1.56. The highest BCUT2D eigenvalue weighted by Crippen LogP contribution is 2.27. The molecule has 0 fully saturated rings. The van der Waals surface area contributed by atoms with Crippen molar-refractivity contribution < 1.29 is 9.59 Å². The van der Waals surface area contributed by atoms with Gasteiger partial charge in [0.05, 0.1) is 11.3 Å². The van der Waals surface area contributed by atoms with Crippen LogP contribution in [0.5, 0.6) is 0 Å². The number of hydrogen-bond donors (Lipinski definition) is 4. The highest BCUT2D eigenvalue weighted by atomic mass is 79.9. The number of aromatic nitrogens is 1. The maximum atomic E-state index is 12.9. The molecule has 0 atom stereocenters. The lowest BCUT2D eigenvalue weighted by molar-refractivity contribution is 0.102. The molecule has 0 saturated carbocycles. The number of nitrogens with zero attached hydrogens (tertiary/aromatic N) is 1. The number of nitrogen functional groups attached to an aromatic ring is 1. The lowest BCUT2D eigenvalue weighted by Gasteiger charge is -2.15. The molecule has 0 saturated heterocycles. The van der Waals surface area contributed by atoms with Crippen LogP contribution in [0.1, 0.15) is 31.8 Å². The van der Waals surface area contributed by atoms with Crippen molar-refractivity contribution in [3.05, 3.63) is 86.5 Å². The van der Waals surface area contributed by atoms with Crippen molar-refractivity contribution in [2.24, 2.45) is 5.73 Å². The van der Waals surface area contributed by atoms with Gasteiger partial charge in [-0.05, 0) is 64.8 Å². The molecule has 7 nitrogen and oxygen atoms in total. The van der Waals surface area contributed by atoms with Crippen LogP contribution in [-0.4, -0.2) is 22.6 Å². The van der Waals surface area contributed by atoms with E-state index in [0.717, 1.165) is 4.47 Å². The van der Waals surface area contributed by atoms with E-state index in [-0.39, 0.29) is 11.4 Å². The number of rotatable bonds is 5. The fraction of sp³-hybridized carbons (Fsp3) is 0.0476. The topological polar surface area (TPSA) is 121 Å². The molecule has 152 valence electrons. The van der Waals surface area contributed by atoms with Gasteiger partial charge >= 0.3 is 0 Å². The number of aryl methyl sites for hydroxylation is 1. The fourth-order valence-corrected chi connectivity index (χ4v) is 3.22. The number of amides is 2. The van der Waals surface area contributed by atoms with Gasteiger partial charge in [0, 0.05) is 26.8 Å². The zero-order chi connectivity index (χ0) is 21.8. The lowest BCUT2D eigenvalue weighted by Crippen LogP contribution is -2.20. The Morgan fingerprint density at radius 2 is 1.70 bits per heavy atom. The Morgan fingerprint density at radius 3 is 2.30 bits per heavy atom. The Kier molecular flexibility index (Phi) is 6.49. The van der Waals surface area contributed by atoms with E-state index in [2.05, 4.69) is 31.5 Å². The molecule has 2 amide bonds. The van der Waals surface area contributed by atoms with Crippen molar-refractivity contribution >= 4 is 56.7 Å². The molecule has 1 heterocycles. The summed E-state index contributed by atoms with van der Waals surface area (Å²) in [6, 6.07) is 12.8. The number of nitrogens with two attached hydrogens (primary N) is 1. The second-order valence-electron chi connectivity index (χ2n) is 6.41. The summed E-state index contributed by atoms with van der Waals surface area (Å²) in [4.78, 5) is 29.7. The van der Waals surface area contributed by atoms with Crippen molar-refractivity contribution in [2.75, 3.05) is 10.6 Å². The molecule has 5 N–H and O–H groups in total. The lowest BCUT2D eigenvalue weighted by atomic mass is 10.1. The van der Waals surface area contributed by atoms with Crippen LogP contribution in [0, 0.1) is 12.3 Å².